The Morgan fingerprint density at radius 1 is 0.946 bits per heavy atom. The fourth-order valence-corrected chi connectivity index (χ4v) is 4.68. The van der Waals surface area contributed by atoms with Gasteiger partial charge in [0.2, 0.25) is 5.88 Å². The third kappa shape index (κ3) is 5.56. The number of carbonyl (C=O) groups excluding carboxylic acids is 1. The van der Waals surface area contributed by atoms with E-state index in [0.29, 0.717) is 5.75 Å². The van der Waals surface area contributed by atoms with E-state index in [4.69, 9.17) is 10.5 Å². The Labute approximate surface area is 215 Å². The third-order valence-electron chi connectivity index (χ3n) is 5.37. The van der Waals surface area contributed by atoms with Crippen molar-refractivity contribution >= 4 is 21.7 Å². The maximum absolute atomic E-state index is 13.9. The molecule has 194 valence electrons. The van der Waals surface area contributed by atoms with Gasteiger partial charge in [0.25, 0.3) is 15.9 Å². The minimum absolute atomic E-state index is 0. The summed E-state index contributed by atoms with van der Waals surface area (Å²) >= 11 is 0. The molecule has 0 spiro atoms. The third-order valence-corrected chi connectivity index (χ3v) is 6.60. The van der Waals surface area contributed by atoms with E-state index in [9.17, 15) is 22.0 Å². The van der Waals surface area contributed by atoms with Crippen LogP contribution < -0.4 is 15.2 Å². The Kier molecular flexibility index (Phi) is 6.90. The number of aryl methyl sites for hydroxylation is 3. The van der Waals surface area contributed by atoms with Crippen LogP contribution in [0, 0.1) is 32.4 Å². The molecule has 0 atom stereocenters. The molecule has 0 unspecified atom stereocenters. The molecule has 0 radical (unpaired) electrons. The van der Waals surface area contributed by atoms with E-state index in [1.807, 2.05) is 37.6 Å². The largest absolute Gasteiger partial charge is 0.438 e. The number of nitrogen functional groups attached to an aromatic ring is 1. The number of anilines is 1. The van der Waals surface area contributed by atoms with Crippen molar-refractivity contribution in [3.05, 3.63) is 94.6 Å². The molecule has 1 amide bonds. The number of carbonyl (C=O) groups is 1. The number of halogens is 2. The van der Waals surface area contributed by atoms with Crippen LogP contribution in [-0.4, -0.2) is 24.3 Å². The molecule has 8 nitrogen and oxygen atoms in total. The van der Waals surface area contributed by atoms with Crippen molar-refractivity contribution < 1.29 is 29.6 Å². The van der Waals surface area contributed by atoms with Gasteiger partial charge in [0.1, 0.15) is 17.1 Å². The van der Waals surface area contributed by atoms with E-state index >= 15 is 0 Å². The minimum Gasteiger partial charge on any atom is -0.438 e. The molecule has 0 aliphatic rings. The number of ether oxygens (including phenoxy) is 1. The second-order valence-corrected chi connectivity index (χ2v) is 9.97. The van der Waals surface area contributed by atoms with Gasteiger partial charge in [-0.15, -0.1) is 0 Å². The zero-order chi connectivity index (χ0) is 26.9. The Morgan fingerprint density at radius 2 is 1.65 bits per heavy atom. The summed E-state index contributed by atoms with van der Waals surface area (Å²) in [5, 5.41) is -0.445. The monoisotopic (exact) mass is 528 g/mol. The van der Waals surface area contributed by atoms with Crippen molar-refractivity contribution in [2.24, 2.45) is 0 Å². The molecule has 0 bridgehead atoms. The summed E-state index contributed by atoms with van der Waals surface area (Å²) in [4.78, 5) is 21.2. The van der Waals surface area contributed by atoms with Gasteiger partial charge in [-0.3, -0.25) is 4.79 Å². The minimum atomic E-state index is -4.38. The average Bonchev–Trinajstić information content (AvgIpc) is 2.82. The van der Waals surface area contributed by atoms with Gasteiger partial charge < -0.3 is 10.5 Å². The fraction of sp³-hybridized carbons (Fsp3) is 0.115. The molecular formula is C26H26F2N4O4S. The predicted octanol–water partition coefficient (Wildman–Crippen LogP) is 5.33. The molecule has 11 heteroatoms. The summed E-state index contributed by atoms with van der Waals surface area (Å²) < 4.78 is 60.8. The number of pyridine rings is 2. The second-order valence-electron chi connectivity index (χ2n) is 8.34. The van der Waals surface area contributed by atoms with Crippen LogP contribution in [-0.2, 0) is 10.0 Å². The van der Waals surface area contributed by atoms with E-state index in [-0.39, 0.29) is 31.4 Å². The van der Waals surface area contributed by atoms with E-state index in [0.717, 1.165) is 28.8 Å². The normalized spacial score (nSPS) is 11.3. The summed E-state index contributed by atoms with van der Waals surface area (Å²) in [6.45, 7) is 5.54. The first kappa shape index (κ1) is 25.7. The van der Waals surface area contributed by atoms with Crippen LogP contribution in [0.25, 0.3) is 11.3 Å². The number of amides is 1. The molecule has 0 fully saturated rings. The molecule has 4 rings (SSSR count). The van der Waals surface area contributed by atoms with Crippen LogP contribution in [0.1, 0.15) is 29.9 Å². The van der Waals surface area contributed by atoms with Crippen molar-refractivity contribution in [1.29, 1.82) is 0 Å². The molecule has 2 aromatic heterocycles. The molecule has 0 aliphatic carbocycles. The number of nitrogens with zero attached hydrogens (tertiary/aromatic N) is 2. The van der Waals surface area contributed by atoms with E-state index in [1.165, 1.54) is 36.4 Å². The van der Waals surface area contributed by atoms with Gasteiger partial charge in [0, 0.05) is 8.42 Å². The maximum Gasteiger partial charge on any atom is 0.281 e. The first-order chi connectivity index (χ1) is 17.4. The lowest BCUT2D eigenvalue weighted by atomic mass is 10.1. The zero-order valence-electron chi connectivity index (χ0n) is 20.0. The highest BCUT2D eigenvalue weighted by atomic mass is 32.2. The highest BCUT2D eigenvalue weighted by molar-refractivity contribution is 7.90. The van der Waals surface area contributed by atoms with Crippen LogP contribution in [0.2, 0.25) is 0 Å². The maximum atomic E-state index is 13.9. The van der Waals surface area contributed by atoms with Gasteiger partial charge in [0.05, 0.1) is 5.69 Å². The van der Waals surface area contributed by atoms with Crippen molar-refractivity contribution in [3.63, 3.8) is 0 Å². The molecule has 0 saturated carbocycles. The first-order valence-electron chi connectivity index (χ1n) is 11.0. The summed E-state index contributed by atoms with van der Waals surface area (Å²) in [6, 6.07) is 13.6. The quantitative estimate of drug-likeness (QED) is 0.346. The topological polar surface area (TPSA) is 124 Å². The summed E-state index contributed by atoms with van der Waals surface area (Å²) in [6.07, 6.45) is 0. The lowest BCUT2D eigenvalue weighted by molar-refractivity contribution is 0.0978. The van der Waals surface area contributed by atoms with Crippen LogP contribution >= 0.6 is 0 Å². The molecule has 2 heterocycles. The van der Waals surface area contributed by atoms with Crippen molar-refractivity contribution in [3.8, 4) is 22.9 Å². The number of rotatable bonds is 6. The standard InChI is InChI=1S/C26H22F2N4O4S.2H2/c1-14-11-15(2)24(16(3)12-14)36-26-18(8-10-21(30-26)17-7-9-19(27)20(28)13-17)25(33)32-37(34,35)23-6-4-5-22(29)31-23;;/h4-13H,1-3H3,(H2,29,31)(H,32,33);2*1H. The number of hydrogen-bond acceptors (Lipinski definition) is 7. The van der Waals surface area contributed by atoms with E-state index < -0.39 is 32.6 Å². The van der Waals surface area contributed by atoms with Crippen molar-refractivity contribution in [2.75, 3.05) is 5.73 Å². The molecular weight excluding hydrogens is 502 g/mol. The lowest BCUT2D eigenvalue weighted by Crippen LogP contribution is -2.31. The fourth-order valence-electron chi connectivity index (χ4n) is 3.74. The van der Waals surface area contributed by atoms with Crippen molar-refractivity contribution in [1.82, 2.24) is 14.7 Å². The van der Waals surface area contributed by atoms with Crippen LogP contribution in [0.4, 0.5) is 14.6 Å². The predicted molar refractivity (Wildman–Crippen MR) is 138 cm³/mol. The summed E-state index contributed by atoms with van der Waals surface area (Å²) in [7, 11) is -4.38. The number of aromatic nitrogens is 2. The zero-order valence-corrected chi connectivity index (χ0v) is 20.9. The number of nitrogens with one attached hydrogen (secondary N) is 1. The molecule has 2 aromatic carbocycles. The van der Waals surface area contributed by atoms with Gasteiger partial charge in [-0.2, -0.15) is 8.42 Å². The molecule has 3 N–H and O–H groups in total. The molecule has 4 aromatic rings. The van der Waals surface area contributed by atoms with E-state index in [2.05, 4.69) is 9.97 Å². The number of benzene rings is 2. The lowest BCUT2D eigenvalue weighted by Gasteiger charge is -2.16. The van der Waals surface area contributed by atoms with Gasteiger partial charge in [-0.05, 0) is 74.4 Å². The Balaban J connectivity index is 0.00000267. The van der Waals surface area contributed by atoms with Crippen LogP contribution in [0.5, 0.6) is 11.6 Å². The Hall–Kier alpha value is -4.38. The highest BCUT2D eigenvalue weighted by Gasteiger charge is 2.25. The smallest absolute Gasteiger partial charge is 0.281 e. The van der Waals surface area contributed by atoms with Crippen LogP contribution in [0.15, 0.2) is 65.7 Å². The van der Waals surface area contributed by atoms with Gasteiger partial charge in [-0.1, -0.05) is 23.8 Å². The number of hydrogen-bond donors (Lipinski definition) is 2. The van der Waals surface area contributed by atoms with Crippen LogP contribution in [0.3, 0.4) is 0 Å². The number of sulfonamides is 1. The summed E-state index contributed by atoms with van der Waals surface area (Å²) in [5.74, 6) is -2.99. The second kappa shape index (κ2) is 9.94. The van der Waals surface area contributed by atoms with Gasteiger partial charge in [-0.25, -0.2) is 23.5 Å². The van der Waals surface area contributed by atoms with E-state index in [1.54, 1.807) is 0 Å². The van der Waals surface area contributed by atoms with Crippen molar-refractivity contribution in [2.45, 2.75) is 25.8 Å². The average molecular weight is 529 g/mol. The Bertz CT molecular complexity index is 1630. The SMILES string of the molecule is Cc1cc(C)c(Oc2nc(-c3ccc(F)c(F)c3)ccc2C(=O)NS(=O)(=O)c2cccc(N)n2)c(C)c1.[HH].[HH]. The van der Waals surface area contributed by atoms with Gasteiger partial charge in [0.15, 0.2) is 16.7 Å². The molecule has 0 saturated heterocycles. The first-order valence-corrected chi connectivity index (χ1v) is 12.4. The summed E-state index contributed by atoms with van der Waals surface area (Å²) in [5.41, 5.74) is 8.25. The Morgan fingerprint density at radius 3 is 2.30 bits per heavy atom. The number of nitrogens with two attached hydrogens (primary N) is 1. The van der Waals surface area contributed by atoms with Gasteiger partial charge >= 0.3 is 0 Å². The highest BCUT2D eigenvalue weighted by Crippen LogP contribution is 2.33. The molecule has 37 heavy (non-hydrogen) atoms. The molecule has 0 aliphatic heterocycles.